The maximum absolute atomic E-state index is 12.0. The minimum absolute atomic E-state index is 0.275. The molecule has 5 heteroatoms. The third-order valence-corrected chi connectivity index (χ3v) is 3.68. The molecule has 1 aliphatic heterocycles. The highest BCUT2D eigenvalue weighted by Crippen LogP contribution is 2.10. The van der Waals surface area contributed by atoms with E-state index in [0.717, 1.165) is 51.3 Å². The van der Waals surface area contributed by atoms with Crippen molar-refractivity contribution in [3.05, 3.63) is 18.2 Å². The van der Waals surface area contributed by atoms with Gasteiger partial charge in [0.2, 0.25) is 5.91 Å². The largest absolute Gasteiger partial charge is 0.343 e. The number of likely N-dealkylation sites (tertiary alicyclic amines) is 1. The van der Waals surface area contributed by atoms with Crippen LogP contribution in [0.1, 0.15) is 38.8 Å². The van der Waals surface area contributed by atoms with Crippen LogP contribution < -0.4 is 5.32 Å². The maximum Gasteiger partial charge on any atom is 0.224 e. The summed E-state index contributed by atoms with van der Waals surface area (Å²) in [4.78, 5) is 18.2. The molecule has 5 nitrogen and oxygen atoms in total. The molecule has 2 heterocycles. The minimum Gasteiger partial charge on any atom is -0.343 e. The predicted molar refractivity (Wildman–Crippen MR) is 79.2 cm³/mol. The molecule has 1 aliphatic rings. The highest BCUT2D eigenvalue weighted by atomic mass is 16.2. The zero-order chi connectivity index (χ0) is 14.4. The van der Waals surface area contributed by atoms with Gasteiger partial charge in [-0.25, -0.2) is 4.98 Å². The normalized spacial score (nSPS) is 15.2. The van der Waals surface area contributed by atoms with E-state index >= 15 is 0 Å². The molecule has 1 fully saturated rings. The lowest BCUT2D eigenvalue weighted by atomic mass is 10.2. The Morgan fingerprint density at radius 1 is 1.40 bits per heavy atom. The number of rotatable bonds is 7. The fourth-order valence-corrected chi connectivity index (χ4v) is 2.53. The lowest BCUT2D eigenvalue weighted by molar-refractivity contribution is -0.130. The quantitative estimate of drug-likeness (QED) is 0.825. The molecule has 20 heavy (non-hydrogen) atoms. The van der Waals surface area contributed by atoms with E-state index in [-0.39, 0.29) is 5.91 Å². The third kappa shape index (κ3) is 4.34. The van der Waals surface area contributed by atoms with Crippen molar-refractivity contribution in [2.24, 2.45) is 5.92 Å². The van der Waals surface area contributed by atoms with Crippen LogP contribution in [0, 0.1) is 5.92 Å². The second-order valence-corrected chi connectivity index (χ2v) is 5.94. The summed E-state index contributed by atoms with van der Waals surface area (Å²) in [6.07, 6.45) is 6.59. The van der Waals surface area contributed by atoms with Crippen molar-refractivity contribution in [2.75, 3.05) is 19.6 Å². The molecule has 1 saturated heterocycles. The molecule has 0 aliphatic carbocycles. The standard InChI is InChI=1S/C15H26N4O/c1-13(2)9-16-10-14-11-17-12-19(14)8-5-15(20)18-6-3-4-7-18/h11-13,16H,3-10H2,1-2H3. The highest BCUT2D eigenvalue weighted by Gasteiger charge is 2.17. The molecule has 0 aromatic carbocycles. The molecule has 0 unspecified atom stereocenters. The van der Waals surface area contributed by atoms with Gasteiger partial charge in [-0.2, -0.15) is 0 Å². The highest BCUT2D eigenvalue weighted by molar-refractivity contribution is 5.76. The van der Waals surface area contributed by atoms with Crippen LogP contribution in [0.3, 0.4) is 0 Å². The summed E-state index contributed by atoms with van der Waals surface area (Å²) in [5.41, 5.74) is 1.15. The topological polar surface area (TPSA) is 50.2 Å². The lowest BCUT2D eigenvalue weighted by Crippen LogP contribution is -2.28. The predicted octanol–water partition coefficient (Wildman–Crippen LogP) is 1.64. The SMILES string of the molecule is CC(C)CNCc1cncn1CCC(=O)N1CCCC1. The van der Waals surface area contributed by atoms with E-state index in [9.17, 15) is 4.79 Å². The molecule has 0 saturated carbocycles. The van der Waals surface area contributed by atoms with Gasteiger partial charge in [0.05, 0.1) is 12.0 Å². The number of amides is 1. The van der Waals surface area contributed by atoms with Crippen molar-refractivity contribution >= 4 is 5.91 Å². The molecule has 112 valence electrons. The Bertz CT molecular complexity index is 421. The molecule has 2 rings (SSSR count). The number of carbonyl (C=O) groups excluding carboxylic acids is 1. The van der Waals surface area contributed by atoms with Gasteiger partial charge < -0.3 is 14.8 Å². The van der Waals surface area contributed by atoms with Crippen LogP contribution in [-0.2, 0) is 17.9 Å². The Balaban J connectivity index is 1.77. The van der Waals surface area contributed by atoms with E-state index in [2.05, 4.69) is 28.7 Å². The average molecular weight is 278 g/mol. The fourth-order valence-electron chi connectivity index (χ4n) is 2.53. The Kier molecular flexibility index (Phi) is 5.59. The minimum atomic E-state index is 0.275. The molecule has 1 aromatic rings. The van der Waals surface area contributed by atoms with Crippen LogP contribution in [0.5, 0.6) is 0 Å². The van der Waals surface area contributed by atoms with E-state index in [0.29, 0.717) is 12.3 Å². The number of carbonyl (C=O) groups is 1. The van der Waals surface area contributed by atoms with Gasteiger partial charge in [-0.3, -0.25) is 4.79 Å². The first kappa shape index (κ1) is 15.0. The monoisotopic (exact) mass is 278 g/mol. The van der Waals surface area contributed by atoms with Crippen molar-refractivity contribution in [2.45, 2.75) is 46.2 Å². The molecule has 0 bridgehead atoms. The summed E-state index contributed by atoms with van der Waals surface area (Å²) in [6, 6.07) is 0. The van der Waals surface area contributed by atoms with Crippen LogP contribution >= 0.6 is 0 Å². The third-order valence-electron chi connectivity index (χ3n) is 3.68. The zero-order valence-electron chi connectivity index (χ0n) is 12.6. The summed E-state index contributed by atoms with van der Waals surface area (Å²) in [6.45, 7) is 8.80. The van der Waals surface area contributed by atoms with Crippen LogP contribution in [0.15, 0.2) is 12.5 Å². The van der Waals surface area contributed by atoms with E-state index in [1.807, 2.05) is 17.4 Å². The maximum atomic E-state index is 12.0. The zero-order valence-corrected chi connectivity index (χ0v) is 12.6. The number of aromatic nitrogens is 2. The summed E-state index contributed by atoms with van der Waals surface area (Å²) in [5.74, 6) is 0.917. The summed E-state index contributed by atoms with van der Waals surface area (Å²) in [5, 5.41) is 3.41. The van der Waals surface area contributed by atoms with Gasteiger partial charge in [0, 0.05) is 38.8 Å². The number of hydrogen-bond donors (Lipinski definition) is 1. The fraction of sp³-hybridized carbons (Fsp3) is 0.733. The van der Waals surface area contributed by atoms with Crippen LogP contribution in [0.25, 0.3) is 0 Å². The molecule has 1 N–H and O–H groups in total. The molecule has 1 amide bonds. The Morgan fingerprint density at radius 2 is 2.15 bits per heavy atom. The van der Waals surface area contributed by atoms with E-state index in [1.54, 1.807) is 0 Å². The number of aryl methyl sites for hydroxylation is 1. The van der Waals surface area contributed by atoms with Gasteiger partial charge in [-0.1, -0.05) is 13.8 Å². The van der Waals surface area contributed by atoms with Crippen LogP contribution in [0.2, 0.25) is 0 Å². The second-order valence-electron chi connectivity index (χ2n) is 5.94. The van der Waals surface area contributed by atoms with E-state index < -0.39 is 0 Å². The summed E-state index contributed by atoms with van der Waals surface area (Å²) in [7, 11) is 0. The summed E-state index contributed by atoms with van der Waals surface area (Å²) >= 11 is 0. The van der Waals surface area contributed by atoms with Crippen LogP contribution in [0.4, 0.5) is 0 Å². The molecule has 0 spiro atoms. The van der Waals surface area contributed by atoms with Gasteiger partial charge in [-0.05, 0) is 25.3 Å². The first-order valence-electron chi connectivity index (χ1n) is 7.64. The van der Waals surface area contributed by atoms with E-state index in [4.69, 9.17) is 0 Å². The molecular formula is C15H26N4O. The molecular weight excluding hydrogens is 252 g/mol. The smallest absolute Gasteiger partial charge is 0.224 e. The van der Waals surface area contributed by atoms with Crippen molar-refractivity contribution in [3.63, 3.8) is 0 Å². The lowest BCUT2D eigenvalue weighted by Gasteiger charge is -2.16. The molecule has 0 atom stereocenters. The molecule has 0 radical (unpaired) electrons. The first-order chi connectivity index (χ1) is 9.66. The van der Waals surface area contributed by atoms with Gasteiger partial charge in [-0.15, -0.1) is 0 Å². The van der Waals surface area contributed by atoms with Crippen LogP contribution in [-0.4, -0.2) is 40.0 Å². The number of imidazole rings is 1. The Morgan fingerprint density at radius 3 is 2.85 bits per heavy atom. The second kappa shape index (κ2) is 7.43. The Labute approximate surface area is 121 Å². The first-order valence-corrected chi connectivity index (χ1v) is 7.64. The van der Waals surface area contributed by atoms with Crippen molar-refractivity contribution in [1.29, 1.82) is 0 Å². The number of nitrogens with zero attached hydrogens (tertiary/aromatic N) is 3. The number of nitrogens with one attached hydrogen (secondary N) is 1. The Hall–Kier alpha value is -1.36. The summed E-state index contributed by atoms with van der Waals surface area (Å²) < 4.78 is 2.08. The van der Waals surface area contributed by atoms with Crippen molar-refractivity contribution in [1.82, 2.24) is 19.8 Å². The van der Waals surface area contributed by atoms with E-state index in [1.165, 1.54) is 0 Å². The van der Waals surface area contributed by atoms with Gasteiger partial charge >= 0.3 is 0 Å². The van der Waals surface area contributed by atoms with Gasteiger partial charge in [0.1, 0.15) is 0 Å². The van der Waals surface area contributed by atoms with Gasteiger partial charge in [0.25, 0.3) is 0 Å². The van der Waals surface area contributed by atoms with Gasteiger partial charge in [0.15, 0.2) is 0 Å². The van der Waals surface area contributed by atoms with Crippen molar-refractivity contribution in [3.8, 4) is 0 Å². The molecule has 1 aromatic heterocycles. The van der Waals surface area contributed by atoms with Crippen molar-refractivity contribution < 1.29 is 4.79 Å². The average Bonchev–Trinajstić information content (AvgIpc) is 3.07. The number of hydrogen-bond acceptors (Lipinski definition) is 3.